The van der Waals surface area contributed by atoms with Gasteiger partial charge in [0.05, 0.1) is 11.0 Å². The number of aromatic nitrogens is 1. The third-order valence-electron chi connectivity index (χ3n) is 14.3. The van der Waals surface area contributed by atoms with Gasteiger partial charge in [0.25, 0.3) is 0 Å². The van der Waals surface area contributed by atoms with Crippen molar-refractivity contribution in [1.29, 1.82) is 0 Å². The van der Waals surface area contributed by atoms with Crippen molar-refractivity contribution in [3.8, 4) is 27.9 Å². The summed E-state index contributed by atoms with van der Waals surface area (Å²) in [7, 11) is 0. The fourth-order valence-electron chi connectivity index (χ4n) is 11.1. The van der Waals surface area contributed by atoms with Crippen molar-refractivity contribution < 1.29 is 0 Å². The summed E-state index contributed by atoms with van der Waals surface area (Å²) in [6, 6.07) is 78.2. The van der Waals surface area contributed by atoms with Crippen LogP contribution in [0, 0.1) is 0 Å². The van der Waals surface area contributed by atoms with E-state index in [1.165, 1.54) is 65.6 Å². The Hall–Kier alpha value is -7.79. The minimum absolute atomic E-state index is 0.126. The van der Waals surface area contributed by atoms with Crippen LogP contribution in [0.25, 0.3) is 49.7 Å². The molecule has 3 aliphatic rings. The molecule has 2 unspecified atom stereocenters. The highest BCUT2D eigenvalue weighted by Gasteiger charge is 2.36. The van der Waals surface area contributed by atoms with Crippen LogP contribution in [0.1, 0.15) is 36.5 Å². The summed E-state index contributed by atoms with van der Waals surface area (Å²) in [4.78, 5) is 6.21. The van der Waals surface area contributed by atoms with Gasteiger partial charge in [-0.05, 0) is 136 Å². The van der Waals surface area contributed by atoms with E-state index in [1.54, 1.807) is 0 Å². The van der Waals surface area contributed by atoms with E-state index in [1.807, 2.05) is 11.8 Å². The van der Waals surface area contributed by atoms with Crippen LogP contribution in [0.5, 0.6) is 0 Å². The minimum Gasteiger partial charge on any atom is -0.310 e. The molecule has 3 nitrogen and oxygen atoms in total. The summed E-state index contributed by atoms with van der Waals surface area (Å²) in [6.45, 7) is 4.73. The summed E-state index contributed by atoms with van der Waals surface area (Å²) in [5.74, 6) is 0.431. The zero-order valence-electron chi connectivity index (χ0n) is 37.4. The van der Waals surface area contributed by atoms with Gasteiger partial charge in [-0.25, -0.2) is 0 Å². The second-order valence-electron chi connectivity index (χ2n) is 18.5. The van der Waals surface area contributed by atoms with Crippen molar-refractivity contribution >= 4 is 67.7 Å². The maximum atomic E-state index is 2.43. The summed E-state index contributed by atoms with van der Waals surface area (Å²) >= 11 is 2.00. The Labute approximate surface area is 396 Å². The van der Waals surface area contributed by atoms with Gasteiger partial charge < -0.3 is 14.4 Å². The number of allylic oxidation sites excluding steroid dienone is 3. The Morgan fingerprint density at radius 2 is 1.00 bits per heavy atom. The summed E-state index contributed by atoms with van der Waals surface area (Å²) in [5, 5.41) is 2.91. The number of benzene rings is 9. The average Bonchev–Trinajstić information content (AvgIpc) is 4.01. The zero-order chi connectivity index (χ0) is 44.6. The van der Waals surface area contributed by atoms with Crippen molar-refractivity contribution in [3.05, 3.63) is 253 Å². The van der Waals surface area contributed by atoms with E-state index in [0.717, 1.165) is 39.8 Å². The second-order valence-corrected chi connectivity index (χ2v) is 19.6. The molecule has 320 valence electrons. The SMILES string of the molecule is CC1(C)c2ccccc2-c2ccc(N(c3ccc(-c4cccc5c4SC4C=CC=CC54)cc3)c3ccc(N(c4ccccc4)c4ccc5c(c4)c4ccccc4n5-c4ccccc4)cc3)cc21. The molecule has 0 amide bonds. The van der Waals surface area contributed by atoms with Crippen LogP contribution in [0.15, 0.2) is 242 Å². The molecule has 0 saturated carbocycles. The first-order valence-electron chi connectivity index (χ1n) is 23.3. The fourth-order valence-corrected chi connectivity index (χ4v) is 12.6. The molecule has 0 spiro atoms. The highest BCUT2D eigenvalue weighted by Crippen LogP contribution is 2.53. The Balaban J connectivity index is 0.921. The molecule has 2 heterocycles. The lowest BCUT2D eigenvalue weighted by Gasteiger charge is -2.30. The quantitative estimate of drug-likeness (QED) is 0.151. The maximum Gasteiger partial charge on any atom is 0.0542 e. The number of fused-ring (bicyclic) bond motifs is 9. The van der Waals surface area contributed by atoms with E-state index < -0.39 is 0 Å². The molecule has 1 aliphatic heterocycles. The van der Waals surface area contributed by atoms with Crippen LogP contribution < -0.4 is 9.80 Å². The number of para-hydroxylation sites is 3. The van der Waals surface area contributed by atoms with Crippen LogP contribution in [-0.2, 0) is 5.41 Å². The van der Waals surface area contributed by atoms with Gasteiger partial charge in [-0.15, -0.1) is 11.8 Å². The van der Waals surface area contributed by atoms with Crippen LogP contribution in [-0.4, -0.2) is 9.82 Å². The molecule has 0 saturated heterocycles. The van der Waals surface area contributed by atoms with Crippen molar-refractivity contribution in [3.63, 3.8) is 0 Å². The predicted octanol–water partition coefficient (Wildman–Crippen LogP) is 17.4. The lowest BCUT2D eigenvalue weighted by Crippen LogP contribution is -2.16. The highest BCUT2D eigenvalue weighted by atomic mass is 32.2. The van der Waals surface area contributed by atoms with Gasteiger partial charge >= 0.3 is 0 Å². The Bertz CT molecular complexity index is 3580. The lowest BCUT2D eigenvalue weighted by atomic mass is 9.82. The van der Waals surface area contributed by atoms with Crippen molar-refractivity contribution in [2.75, 3.05) is 9.80 Å². The largest absolute Gasteiger partial charge is 0.310 e. The van der Waals surface area contributed by atoms with Gasteiger partial charge in [-0.2, -0.15) is 0 Å². The molecule has 0 radical (unpaired) electrons. The number of hydrogen-bond donors (Lipinski definition) is 0. The van der Waals surface area contributed by atoms with Crippen molar-refractivity contribution in [1.82, 2.24) is 4.57 Å². The monoisotopic (exact) mass is 877 g/mol. The third kappa shape index (κ3) is 6.42. The first-order chi connectivity index (χ1) is 33.0. The van der Waals surface area contributed by atoms with Crippen LogP contribution in [0.4, 0.5) is 34.1 Å². The van der Waals surface area contributed by atoms with Gasteiger partial charge in [0, 0.05) is 72.1 Å². The standard InChI is InChI=1S/C63H47N3S/c1-63(2)57-25-12-9-20-51(57)52-38-36-49(41-58(52)63)65(45-30-28-42(29-31-45)50-23-15-24-55-54-22-11-14-27-61(54)67-62(50)55)47-34-32-46(33-35-47)64(43-16-5-3-6-17-43)48-37-39-60-56(40-48)53-21-10-13-26-59(53)66(60)44-18-7-4-8-19-44/h3-41,54,61H,1-2H3. The minimum atomic E-state index is -0.126. The first kappa shape index (κ1) is 39.6. The number of thioether (sulfide) groups is 1. The molecular formula is C63H47N3S. The summed E-state index contributed by atoms with van der Waals surface area (Å²) in [5.41, 5.74) is 19.4. The maximum absolute atomic E-state index is 2.43. The topological polar surface area (TPSA) is 11.4 Å². The molecule has 9 aromatic carbocycles. The van der Waals surface area contributed by atoms with Gasteiger partial charge in [-0.3, -0.25) is 0 Å². The molecule has 13 rings (SSSR count). The molecule has 0 N–H and O–H groups in total. The smallest absolute Gasteiger partial charge is 0.0542 e. The van der Waals surface area contributed by atoms with E-state index >= 15 is 0 Å². The van der Waals surface area contributed by atoms with Crippen molar-refractivity contribution in [2.24, 2.45) is 0 Å². The summed E-state index contributed by atoms with van der Waals surface area (Å²) in [6.07, 6.45) is 9.10. The second kappa shape index (κ2) is 15.7. The molecule has 10 aromatic rings. The molecule has 2 atom stereocenters. The molecule has 0 fully saturated rings. The number of hydrogen-bond acceptors (Lipinski definition) is 3. The van der Waals surface area contributed by atoms with Gasteiger partial charge in [0.2, 0.25) is 0 Å². The van der Waals surface area contributed by atoms with Gasteiger partial charge in [0.15, 0.2) is 0 Å². The molecule has 67 heavy (non-hydrogen) atoms. The first-order valence-corrected chi connectivity index (χ1v) is 24.2. The molecule has 2 aliphatic carbocycles. The fraction of sp³-hybridized carbons (Fsp3) is 0.0794. The summed E-state index contributed by atoms with van der Waals surface area (Å²) < 4.78 is 2.38. The van der Waals surface area contributed by atoms with Crippen LogP contribution in [0.2, 0.25) is 0 Å². The molecule has 4 heteroatoms. The van der Waals surface area contributed by atoms with E-state index in [0.29, 0.717) is 11.2 Å². The Morgan fingerprint density at radius 1 is 0.433 bits per heavy atom. The Kier molecular flexibility index (Phi) is 9.26. The molecule has 1 aromatic heterocycles. The van der Waals surface area contributed by atoms with E-state index in [9.17, 15) is 0 Å². The van der Waals surface area contributed by atoms with Crippen LogP contribution in [0.3, 0.4) is 0 Å². The third-order valence-corrected chi connectivity index (χ3v) is 15.7. The molecule has 0 bridgehead atoms. The normalized spacial score (nSPS) is 16.1. The van der Waals surface area contributed by atoms with E-state index in [2.05, 4.69) is 265 Å². The van der Waals surface area contributed by atoms with Crippen LogP contribution >= 0.6 is 11.8 Å². The van der Waals surface area contributed by atoms with Crippen molar-refractivity contribution in [2.45, 2.75) is 35.3 Å². The molecular weight excluding hydrogens is 831 g/mol. The lowest BCUT2D eigenvalue weighted by molar-refractivity contribution is 0.660. The number of rotatable bonds is 8. The highest BCUT2D eigenvalue weighted by molar-refractivity contribution is 8.00. The zero-order valence-corrected chi connectivity index (χ0v) is 38.2. The van der Waals surface area contributed by atoms with Gasteiger partial charge in [-0.1, -0.05) is 153 Å². The van der Waals surface area contributed by atoms with E-state index in [4.69, 9.17) is 0 Å². The number of nitrogens with zero attached hydrogens (tertiary/aromatic N) is 3. The number of anilines is 6. The Morgan fingerprint density at radius 3 is 1.78 bits per heavy atom. The van der Waals surface area contributed by atoms with E-state index in [-0.39, 0.29) is 5.41 Å². The van der Waals surface area contributed by atoms with Gasteiger partial charge in [0.1, 0.15) is 0 Å². The average molecular weight is 878 g/mol. The predicted molar refractivity (Wildman–Crippen MR) is 284 cm³/mol.